The van der Waals surface area contributed by atoms with Crippen LogP contribution in [-0.4, -0.2) is 21.5 Å². The molecule has 2 rings (SSSR count). The third-order valence-electron chi connectivity index (χ3n) is 2.58. The molecule has 0 saturated carbocycles. The van der Waals surface area contributed by atoms with Crippen molar-refractivity contribution < 1.29 is 0 Å². The van der Waals surface area contributed by atoms with Crippen LogP contribution in [0.1, 0.15) is 24.0 Å². The molecule has 0 atom stereocenters. The van der Waals surface area contributed by atoms with Crippen molar-refractivity contribution in [3.8, 4) is 0 Å². The summed E-state index contributed by atoms with van der Waals surface area (Å²) in [5.74, 6) is 1.50. The lowest BCUT2D eigenvalue weighted by molar-refractivity contribution is 0.901. The van der Waals surface area contributed by atoms with Crippen molar-refractivity contribution in [2.75, 3.05) is 11.9 Å². The SMILES string of the molecule is CCNc1ccc(Cl)c(CSc2nc(C)cc(C)n2)n1. The van der Waals surface area contributed by atoms with Crippen LogP contribution in [0.25, 0.3) is 0 Å². The highest BCUT2D eigenvalue weighted by Gasteiger charge is 2.07. The number of aryl methyl sites for hydroxylation is 2. The summed E-state index contributed by atoms with van der Waals surface area (Å²) in [4.78, 5) is 13.3. The van der Waals surface area contributed by atoms with E-state index in [1.54, 1.807) is 11.8 Å². The van der Waals surface area contributed by atoms with Gasteiger partial charge >= 0.3 is 0 Å². The lowest BCUT2D eigenvalue weighted by Crippen LogP contribution is -2.01. The minimum atomic E-state index is 0.654. The minimum Gasteiger partial charge on any atom is -0.370 e. The third kappa shape index (κ3) is 4.08. The zero-order valence-electron chi connectivity index (χ0n) is 11.8. The molecule has 0 aliphatic carbocycles. The van der Waals surface area contributed by atoms with Crippen LogP contribution in [0.3, 0.4) is 0 Å². The summed E-state index contributed by atoms with van der Waals surface area (Å²) < 4.78 is 0. The second-order valence-corrected chi connectivity index (χ2v) is 5.73. The lowest BCUT2D eigenvalue weighted by atomic mass is 10.3. The van der Waals surface area contributed by atoms with Crippen LogP contribution in [0.15, 0.2) is 23.4 Å². The van der Waals surface area contributed by atoms with E-state index >= 15 is 0 Å². The Morgan fingerprint density at radius 2 is 1.85 bits per heavy atom. The molecule has 0 fully saturated rings. The third-order valence-corrected chi connectivity index (χ3v) is 3.78. The number of hydrogen-bond acceptors (Lipinski definition) is 5. The van der Waals surface area contributed by atoms with Gasteiger partial charge in [0, 0.05) is 23.7 Å². The van der Waals surface area contributed by atoms with E-state index in [0.29, 0.717) is 10.8 Å². The molecule has 0 bridgehead atoms. The van der Waals surface area contributed by atoms with Crippen molar-refractivity contribution >= 4 is 29.2 Å². The molecule has 106 valence electrons. The minimum absolute atomic E-state index is 0.654. The molecular weight excluding hydrogens is 292 g/mol. The van der Waals surface area contributed by atoms with Gasteiger partial charge in [-0.1, -0.05) is 23.4 Å². The quantitative estimate of drug-likeness (QED) is 0.671. The summed E-state index contributed by atoms with van der Waals surface area (Å²) in [5.41, 5.74) is 2.79. The summed E-state index contributed by atoms with van der Waals surface area (Å²) in [6.07, 6.45) is 0. The Labute approximate surface area is 128 Å². The summed E-state index contributed by atoms with van der Waals surface area (Å²) in [7, 11) is 0. The highest BCUT2D eigenvalue weighted by atomic mass is 35.5. The smallest absolute Gasteiger partial charge is 0.188 e. The lowest BCUT2D eigenvalue weighted by Gasteiger charge is -2.07. The van der Waals surface area contributed by atoms with Gasteiger partial charge in [0.2, 0.25) is 0 Å². The molecule has 0 aliphatic heterocycles. The molecule has 2 aromatic rings. The summed E-state index contributed by atoms with van der Waals surface area (Å²) >= 11 is 7.73. The number of nitrogens with one attached hydrogen (secondary N) is 1. The first-order valence-corrected chi connectivity index (χ1v) is 7.79. The van der Waals surface area contributed by atoms with E-state index in [1.807, 2.05) is 39.0 Å². The van der Waals surface area contributed by atoms with Crippen LogP contribution in [-0.2, 0) is 5.75 Å². The number of nitrogens with zero attached hydrogens (tertiary/aromatic N) is 3. The molecular formula is C14H17ClN4S. The Kier molecular flexibility index (Phi) is 5.20. The maximum Gasteiger partial charge on any atom is 0.188 e. The Balaban J connectivity index is 2.11. The number of rotatable bonds is 5. The van der Waals surface area contributed by atoms with Crippen molar-refractivity contribution in [2.24, 2.45) is 0 Å². The highest BCUT2D eigenvalue weighted by molar-refractivity contribution is 7.98. The van der Waals surface area contributed by atoms with E-state index in [1.165, 1.54) is 0 Å². The first-order valence-electron chi connectivity index (χ1n) is 6.43. The van der Waals surface area contributed by atoms with Crippen LogP contribution in [0.5, 0.6) is 0 Å². The molecule has 2 heterocycles. The molecule has 0 aliphatic rings. The van der Waals surface area contributed by atoms with E-state index in [2.05, 4.69) is 20.3 Å². The van der Waals surface area contributed by atoms with Crippen molar-refractivity contribution in [1.29, 1.82) is 0 Å². The van der Waals surface area contributed by atoms with Gasteiger partial charge < -0.3 is 5.32 Å². The first-order chi connectivity index (χ1) is 9.58. The number of thioether (sulfide) groups is 1. The van der Waals surface area contributed by atoms with Crippen molar-refractivity contribution in [3.05, 3.63) is 40.3 Å². The van der Waals surface area contributed by atoms with Gasteiger partial charge in [0.05, 0.1) is 10.7 Å². The van der Waals surface area contributed by atoms with Crippen molar-refractivity contribution in [1.82, 2.24) is 15.0 Å². The normalized spacial score (nSPS) is 10.6. The van der Waals surface area contributed by atoms with E-state index in [9.17, 15) is 0 Å². The van der Waals surface area contributed by atoms with Gasteiger partial charge in [-0.25, -0.2) is 15.0 Å². The maximum atomic E-state index is 6.18. The molecule has 0 amide bonds. The maximum absolute atomic E-state index is 6.18. The van der Waals surface area contributed by atoms with Gasteiger partial charge in [0.25, 0.3) is 0 Å². The second-order valence-electron chi connectivity index (χ2n) is 4.38. The average Bonchev–Trinajstić information content (AvgIpc) is 2.38. The summed E-state index contributed by atoms with van der Waals surface area (Å²) in [6, 6.07) is 5.71. The van der Waals surface area contributed by atoms with Crippen molar-refractivity contribution in [3.63, 3.8) is 0 Å². The predicted octanol–water partition coefficient (Wildman–Crippen LogP) is 3.87. The number of anilines is 1. The molecule has 20 heavy (non-hydrogen) atoms. The second kappa shape index (κ2) is 6.90. The highest BCUT2D eigenvalue weighted by Crippen LogP contribution is 2.24. The van der Waals surface area contributed by atoms with Gasteiger partial charge in [0.1, 0.15) is 5.82 Å². The Hall–Kier alpha value is -1.33. The van der Waals surface area contributed by atoms with E-state index in [4.69, 9.17) is 11.6 Å². The molecule has 4 nitrogen and oxygen atoms in total. The van der Waals surface area contributed by atoms with Gasteiger partial charge in [-0.15, -0.1) is 0 Å². The van der Waals surface area contributed by atoms with Crippen LogP contribution in [0, 0.1) is 13.8 Å². The number of hydrogen-bond donors (Lipinski definition) is 1. The van der Waals surface area contributed by atoms with Crippen LogP contribution < -0.4 is 5.32 Å². The number of aromatic nitrogens is 3. The standard InChI is InChI=1S/C14H17ClN4S/c1-4-16-13-6-5-11(15)12(19-13)8-20-14-17-9(2)7-10(3)18-14/h5-7H,4,8H2,1-3H3,(H,16,19). The first kappa shape index (κ1) is 15.1. The Morgan fingerprint density at radius 1 is 1.15 bits per heavy atom. The topological polar surface area (TPSA) is 50.7 Å². The molecule has 6 heteroatoms. The van der Waals surface area contributed by atoms with Crippen molar-refractivity contribution in [2.45, 2.75) is 31.7 Å². The van der Waals surface area contributed by atoms with E-state index in [-0.39, 0.29) is 0 Å². The molecule has 0 aromatic carbocycles. The molecule has 2 aromatic heterocycles. The number of pyridine rings is 1. The molecule has 0 radical (unpaired) electrons. The molecule has 0 spiro atoms. The predicted molar refractivity (Wildman–Crippen MR) is 84.5 cm³/mol. The fraction of sp³-hybridized carbons (Fsp3) is 0.357. The molecule has 0 unspecified atom stereocenters. The molecule has 1 N–H and O–H groups in total. The van der Waals surface area contributed by atoms with Gasteiger partial charge in [0.15, 0.2) is 5.16 Å². The molecule has 0 saturated heterocycles. The fourth-order valence-corrected chi connectivity index (χ4v) is 2.91. The fourth-order valence-electron chi connectivity index (χ4n) is 1.76. The van der Waals surface area contributed by atoms with Crippen LogP contribution >= 0.6 is 23.4 Å². The zero-order chi connectivity index (χ0) is 14.5. The Bertz CT molecular complexity index is 583. The van der Waals surface area contributed by atoms with Crippen LogP contribution in [0.2, 0.25) is 5.02 Å². The zero-order valence-corrected chi connectivity index (χ0v) is 13.3. The largest absolute Gasteiger partial charge is 0.370 e. The van der Waals surface area contributed by atoms with Gasteiger partial charge in [-0.2, -0.15) is 0 Å². The van der Waals surface area contributed by atoms with E-state index in [0.717, 1.165) is 34.6 Å². The Morgan fingerprint density at radius 3 is 2.50 bits per heavy atom. The van der Waals surface area contributed by atoms with Gasteiger partial charge in [-0.05, 0) is 39.0 Å². The van der Waals surface area contributed by atoms with Crippen LogP contribution in [0.4, 0.5) is 5.82 Å². The van der Waals surface area contributed by atoms with Gasteiger partial charge in [-0.3, -0.25) is 0 Å². The summed E-state index contributed by atoms with van der Waals surface area (Å²) in [6.45, 7) is 6.81. The number of halogens is 1. The summed E-state index contributed by atoms with van der Waals surface area (Å²) in [5, 5.41) is 4.61. The van der Waals surface area contributed by atoms with E-state index < -0.39 is 0 Å². The monoisotopic (exact) mass is 308 g/mol. The average molecular weight is 309 g/mol.